The first kappa shape index (κ1) is 20.1. The minimum Gasteiger partial charge on any atom is -0.493 e. The molecule has 0 aliphatic carbocycles. The minimum atomic E-state index is -0.300. The van der Waals surface area contributed by atoms with Crippen molar-refractivity contribution in [1.82, 2.24) is 5.32 Å². The molecular weight excluding hydrogens is 368 g/mol. The van der Waals surface area contributed by atoms with Gasteiger partial charge in [0.25, 0.3) is 0 Å². The van der Waals surface area contributed by atoms with Crippen LogP contribution in [0.5, 0.6) is 17.2 Å². The molecule has 0 aliphatic rings. The number of amides is 2. The Kier molecular flexibility index (Phi) is 6.58. The van der Waals surface area contributed by atoms with Crippen molar-refractivity contribution >= 4 is 11.7 Å². The second kappa shape index (κ2) is 9.50. The van der Waals surface area contributed by atoms with Crippen LogP contribution in [0.15, 0.2) is 66.7 Å². The number of rotatable bonds is 7. The molecule has 0 saturated heterocycles. The van der Waals surface area contributed by atoms with Gasteiger partial charge in [-0.1, -0.05) is 42.5 Å². The minimum absolute atomic E-state index is 0.300. The lowest BCUT2D eigenvalue weighted by molar-refractivity contribution is 0.251. The SMILES string of the molecule is COc1cc(CNC(=O)Nc2ccc(-c3ccccc3)cc2)cc(OC)c1OC. The molecule has 0 saturated carbocycles. The molecule has 3 rings (SSSR count). The Balaban J connectivity index is 1.61. The van der Waals surface area contributed by atoms with E-state index < -0.39 is 0 Å². The van der Waals surface area contributed by atoms with Crippen LogP contribution in [-0.4, -0.2) is 27.4 Å². The summed E-state index contributed by atoms with van der Waals surface area (Å²) in [7, 11) is 4.66. The fourth-order valence-electron chi connectivity index (χ4n) is 2.97. The molecule has 6 nitrogen and oxygen atoms in total. The topological polar surface area (TPSA) is 68.8 Å². The lowest BCUT2D eigenvalue weighted by Crippen LogP contribution is -2.28. The molecule has 3 aromatic carbocycles. The van der Waals surface area contributed by atoms with Gasteiger partial charge in [0.15, 0.2) is 11.5 Å². The van der Waals surface area contributed by atoms with E-state index in [4.69, 9.17) is 14.2 Å². The van der Waals surface area contributed by atoms with Crippen molar-refractivity contribution in [2.45, 2.75) is 6.54 Å². The third kappa shape index (κ3) is 4.99. The highest BCUT2D eigenvalue weighted by Crippen LogP contribution is 2.38. The third-order valence-corrected chi connectivity index (χ3v) is 4.43. The van der Waals surface area contributed by atoms with Gasteiger partial charge in [-0.2, -0.15) is 0 Å². The maximum Gasteiger partial charge on any atom is 0.319 e. The van der Waals surface area contributed by atoms with Crippen LogP contribution in [0.2, 0.25) is 0 Å². The average molecular weight is 392 g/mol. The van der Waals surface area contributed by atoms with Crippen molar-refractivity contribution in [1.29, 1.82) is 0 Å². The Morgan fingerprint density at radius 1 is 0.793 bits per heavy atom. The number of nitrogens with one attached hydrogen (secondary N) is 2. The van der Waals surface area contributed by atoms with E-state index >= 15 is 0 Å². The van der Waals surface area contributed by atoms with Crippen LogP contribution in [0.4, 0.5) is 10.5 Å². The largest absolute Gasteiger partial charge is 0.493 e. The normalized spacial score (nSPS) is 10.2. The van der Waals surface area contributed by atoms with E-state index in [0.717, 1.165) is 16.7 Å². The summed E-state index contributed by atoms with van der Waals surface area (Å²) >= 11 is 0. The van der Waals surface area contributed by atoms with Gasteiger partial charge in [0.1, 0.15) is 0 Å². The van der Waals surface area contributed by atoms with Crippen molar-refractivity contribution in [2.75, 3.05) is 26.6 Å². The molecule has 0 heterocycles. The molecule has 0 bridgehead atoms. The monoisotopic (exact) mass is 392 g/mol. The highest BCUT2D eigenvalue weighted by molar-refractivity contribution is 5.89. The number of carbonyl (C=O) groups excluding carboxylic acids is 1. The van der Waals surface area contributed by atoms with Crippen LogP contribution >= 0.6 is 0 Å². The van der Waals surface area contributed by atoms with Gasteiger partial charge in [0.05, 0.1) is 21.3 Å². The van der Waals surface area contributed by atoms with Crippen LogP contribution < -0.4 is 24.8 Å². The molecule has 0 radical (unpaired) electrons. The molecule has 29 heavy (non-hydrogen) atoms. The molecule has 0 aromatic heterocycles. The second-order valence-corrected chi connectivity index (χ2v) is 6.28. The first-order chi connectivity index (χ1) is 14.1. The lowest BCUT2D eigenvalue weighted by Gasteiger charge is -2.14. The standard InChI is InChI=1S/C23H24N2O4/c1-27-20-13-16(14-21(28-2)22(20)29-3)15-24-23(26)25-19-11-9-18(10-12-19)17-7-5-4-6-8-17/h4-14H,15H2,1-3H3,(H2,24,25,26). The molecule has 0 aliphatic heterocycles. The zero-order chi connectivity index (χ0) is 20.6. The fraction of sp³-hybridized carbons (Fsp3) is 0.174. The van der Waals surface area contributed by atoms with Crippen molar-refractivity contribution < 1.29 is 19.0 Å². The Bertz CT molecular complexity index is 931. The van der Waals surface area contributed by atoms with Gasteiger partial charge in [0, 0.05) is 12.2 Å². The highest BCUT2D eigenvalue weighted by atomic mass is 16.5. The number of ether oxygens (including phenoxy) is 3. The van der Waals surface area contributed by atoms with E-state index in [1.54, 1.807) is 33.5 Å². The number of benzene rings is 3. The zero-order valence-electron chi connectivity index (χ0n) is 16.7. The number of hydrogen-bond donors (Lipinski definition) is 2. The van der Waals surface area contributed by atoms with Crippen LogP contribution in [0.3, 0.4) is 0 Å². The Labute approximate surface area is 170 Å². The van der Waals surface area contributed by atoms with E-state index in [1.807, 2.05) is 54.6 Å². The molecule has 2 amide bonds. The van der Waals surface area contributed by atoms with E-state index in [-0.39, 0.29) is 6.03 Å². The molecule has 0 fully saturated rings. The molecule has 0 atom stereocenters. The summed E-state index contributed by atoms with van der Waals surface area (Å²) in [6.45, 7) is 0.310. The summed E-state index contributed by atoms with van der Waals surface area (Å²) in [5, 5.41) is 5.67. The maximum atomic E-state index is 12.3. The van der Waals surface area contributed by atoms with Crippen molar-refractivity contribution in [2.24, 2.45) is 0 Å². The van der Waals surface area contributed by atoms with E-state index in [9.17, 15) is 4.79 Å². The first-order valence-electron chi connectivity index (χ1n) is 9.14. The summed E-state index contributed by atoms with van der Waals surface area (Å²) in [6.07, 6.45) is 0. The van der Waals surface area contributed by atoms with Gasteiger partial charge in [-0.15, -0.1) is 0 Å². The second-order valence-electron chi connectivity index (χ2n) is 6.28. The van der Waals surface area contributed by atoms with E-state index in [1.165, 1.54) is 0 Å². The number of anilines is 1. The van der Waals surface area contributed by atoms with Crippen LogP contribution in [0, 0.1) is 0 Å². The molecule has 150 valence electrons. The maximum absolute atomic E-state index is 12.3. The number of hydrogen-bond acceptors (Lipinski definition) is 4. The van der Waals surface area contributed by atoms with Crippen molar-refractivity contribution in [3.63, 3.8) is 0 Å². The summed E-state index contributed by atoms with van der Waals surface area (Å²) in [5.74, 6) is 1.60. The third-order valence-electron chi connectivity index (χ3n) is 4.43. The van der Waals surface area contributed by atoms with Crippen LogP contribution in [0.25, 0.3) is 11.1 Å². The van der Waals surface area contributed by atoms with Crippen molar-refractivity contribution in [3.05, 3.63) is 72.3 Å². The predicted molar refractivity (Wildman–Crippen MR) is 114 cm³/mol. The van der Waals surface area contributed by atoms with Gasteiger partial charge >= 0.3 is 6.03 Å². The zero-order valence-corrected chi connectivity index (χ0v) is 16.7. The van der Waals surface area contributed by atoms with E-state index in [0.29, 0.717) is 29.5 Å². The molecule has 3 aromatic rings. The lowest BCUT2D eigenvalue weighted by atomic mass is 10.1. The average Bonchev–Trinajstić information content (AvgIpc) is 2.78. The Morgan fingerprint density at radius 3 is 1.93 bits per heavy atom. The molecule has 2 N–H and O–H groups in total. The number of methoxy groups -OCH3 is 3. The fourth-order valence-corrected chi connectivity index (χ4v) is 2.97. The number of carbonyl (C=O) groups is 1. The van der Waals surface area contributed by atoms with Gasteiger partial charge in [0.2, 0.25) is 5.75 Å². The van der Waals surface area contributed by atoms with Gasteiger partial charge in [-0.25, -0.2) is 4.79 Å². The number of urea groups is 1. The van der Waals surface area contributed by atoms with Crippen LogP contribution in [-0.2, 0) is 6.54 Å². The highest BCUT2D eigenvalue weighted by Gasteiger charge is 2.13. The molecule has 0 spiro atoms. The molecule has 0 unspecified atom stereocenters. The summed E-state index contributed by atoms with van der Waals surface area (Å²) in [6, 6.07) is 21.1. The van der Waals surface area contributed by atoms with Crippen molar-refractivity contribution in [3.8, 4) is 28.4 Å². The summed E-state index contributed by atoms with van der Waals surface area (Å²) in [4.78, 5) is 12.3. The van der Waals surface area contributed by atoms with Gasteiger partial charge in [-0.05, 0) is 41.0 Å². The predicted octanol–water partition coefficient (Wildman–Crippen LogP) is 4.70. The van der Waals surface area contributed by atoms with Gasteiger partial charge in [-0.3, -0.25) is 0 Å². The first-order valence-corrected chi connectivity index (χ1v) is 9.14. The molecule has 6 heteroatoms. The van der Waals surface area contributed by atoms with Gasteiger partial charge < -0.3 is 24.8 Å². The quantitative estimate of drug-likeness (QED) is 0.611. The molecular formula is C23H24N2O4. The summed E-state index contributed by atoms with van der Waals surface area (Å²) < 4.78 is 16.0. The summed E-state index contributed by atoms with van der Waals surface area (Å²) in [5.41, 5.74) is 3.76. The van der Waals surface area contributed by atoms with E-state index in [2.05, 4.69) is 10.6 Å². The van der Waals surface area contributed by atoms with Crippen LogP contribution in [0.1, 0.15) is 5.56 Å². The smallest absolute Gasteiger partial charge is 0.319 e. The Morgan fingerprint density at radius 2 is 1.38 bits per heavy atom. The Hall–Kier alpha value is -3.67.